The van der Waals surface area contributed by atoms with Gasteiger partial charge in [-0.3, -0.25) is 9.48 Å². The van der Waals surface area contributed by atoms with Crippen LogP contribution in [0, 0.1) is 17.1 Å². The van der Waals surface area contributed by atoms with Crippen molar-refractivity contribution in [2.45, 2.75) is 25.9 Å². The maximum absolute atomic E-state index is 14.0. The number of nitrogens with one attached hydrogen (secondary N) is 1. The fourth-order valence-electron chi connectivity index (χ4n) is 2.99. The second kappa shape index (κ2) is 8.99. The molecule has 3 aromatic heterocycles. The van der Waals surface area contributed by atoms with Crippen molar-refractivity contribution in [2.24, 2.45) is 0 Å². The number of halogens is 2. The van der Waals surface area contributed by atoms with Crippen molar-refractivity contribution < 1.29 is 18.2 Å². The molecule has 162 valence electrons. The van der Waals surface area contributed by atoms with Gasteiger partial charge in [0, 0.05) is 23.9 Å². The van der Waals surface area contributed by atoms with E-state index in [1.165, 1.54) is 18.4 Å². The van der Waals surface area contributed by atoms with Gasteiger partial charge in [-0.2, -0.15) is 15.3 Å². The monoisotopic (exact) mass is 455 g/mol. The molecule has 32 heavy (non-hydrogen) atoms. The van der Waals surface area contributed by atoms with Gasteiger partial charge in [-0.25, -0.2) is 4.39 Å². The van der Waals surface area contributed by atoms with E-state index in [0.29, 0.717) is 23.5 Å². The lowest BCUT2D eigenvalue weighted by molar-refractivity contribution is -0.121. The lowest BCUT2D eigenvalue weighted by Crippen LogP contribution is -2.36. The Morgan fingerprint density at radius 1 is 1.34 bits per heavy atom. The van der Waals surface area contributed by atoms with E-state index in [2.05, 4.69) is 25.7 Å². The molecule has 10 nitrogen and oxygen atoms in total. The number of carbonyl (C=O) groups excluding carboxylic acids is 1. The first-order chi connectivity index (χ1) is 15.4. The van der Waals surface area contributed by atoms with E-state index in [1.807, 2.05) is 6.92 Å². The van der Waals surface area contributed by atoms with Crippen molar-refractivity contribution in [3.63, 3.8) is 0 Å². The molecule has 0 radical (unpaired) electrons. The van der Waals surface area contributed by atoms with Crippen LogP contribution in [0.2, 0.25) is 5.02 Å². The van der Waals surface area contributed by atoms with Gasteiger partial charge < -0.3 is 14.4 Å². The smallest absolute Gasteiger partial charge is 0.280 e. The fourth-order valence-corrected chi connectivity index (χ4v) is 3.24. The van der Waals surface area contributed by atoms with Crippen LogP contribution in [0.4, 0.5) is 4.39 Å². The molecule has 0 saturated carbocycles. The van der Waals surface area contributed by atoms with Crippen LogP contribution in [0.1, 0.15) is 18.3 Å². The molecule has 0 spiro atoms. The van der Waals surface area contributed by atoms with Crippen LogP contribution in [-0.4, -0.2) is 37.0 Å². The third kappa shape index (κ3) is 4.65. The Kier molecular flexibility index (Phi) is 5.96. The molecule has 1 amide bonds. The van der Waals surface area contributed by atoms with E-state index in [0.717, 1.165) is 0 Å². The van der Waals surface area contributed by atoms with E-state index in [4.69, 9.17) is 25.9 Å². The van der Waals surface area contributed by atoms with Crippen LogP contribution < -0.4 is 5.32 Å². The van der Waals surface area contributed by atoms with Crippen LogP contribution >= 0.6 is 11.6 Å². The van der Waals surface area contributed by atoms with Crippen molar-refractivity contribution in [2.75, 3.05) is 0 Å². The number of hydrogen-bond donors (Lipinski definition) is 1. The summed E-state index contributed by atoms with van der Waals surface area (Å²) in [5.74, 6) is -0.622. The number of rotatable bonds is 7. The largest absolute Gasteiger partial charge is 0.364 e. The first-order valence-electron chi connectivity index (χ1n) is 9.38. The summed E-state index contributed by atoms with van der Waals surface area (Å²) < 4.78 is 25.4. The number of carbonyl (C=O) groups is 1. The number of nitrogens with zero attached hydrogens (tertiary/aromatic N) is 6. The average Bonchev–Trinajstić information content (AvgIpc) is 3.49. The Morgan fingerprint density at radius 2 is 2.19 bits per heavy atom. The number of benzene rings is 1. The van der Waals surface area contributed by atoms with E-state index in [-0.39, 0.29) is 40.7 Å². The molecule has 4 rings (SSSR count). The SMILES string of the molecule is C[C@@H](Cn1ccc(-c2cc(F)c(C#N)c(Cl)c2)n1)NC(=O)Cc1noc(-c2ccon2)n1. The summed E-state index contributed by atoms with van der Waals surface area (Å²) in [5, 5.41) is 23.6. The zero-order valence-corrected chi connectivity index (χ0v) is 17.4. The van der Waals surface area contributed by atoms with Gasteiger partial charge in [0.1, 0.15) is 23.7 Å². The highest BCUT2D eigenvalue weighted by Gasteiger charge is 2.17. The van der Waals surface area contributed by atoms with Crippen molar-refractivity contribution in [3.8, 4) is 28.9 Å². The van der Waals surface area contributed by atoms with Gasteiger partial charge in [0.25, 0.3) is 5.89 Å². The molecule has 0 aliphatic carbocycles. The zero-order chi connectivity index (χ0) is 22.7. The van der Waals surface area contributed by atoms with Crippen LogP contribution in [0.5, 0.6) is 0 Å². The number of amides is 1. The molecule has 0 fully saturated rings. The molecule has 0 bridgehead atoms. The lowest BCUT2D eigenvalue weighted by Gasteiger charge is -2.13. The minimum absolute atomic E-state index is 0.0193. The van der Waals surface area contributed by atoms with Crippen molar-refractivity contribution in [3.05, 3.63) is 59.0 Å². The lowest BCUT2D eigenvalue weighted by atomic mass is 10.1. The topological polar surface area (TPSA) is 136 Å². The second-order valence-corrected chi connectivity index (χ2v) is 7.30. The normalized spacial score (nSPS) is 11.8. The van der Waals surface area contributed by atoms with Gasteiger partial charge in [-0.1, -0.05) is 21.9 Å². The van der Waals surface area contributed by atoms with Crippen LogP contribution in [-0.2, 0) is 17.8 Å². The molecule has 4 aromatic rings. The van der Waals surface area contributed by atoms with E-state index < -0.39 is 5.82 Å². The maximum atomic E-state index is 14.0. The Bertz CT molecular complexity index is 1270. The molecule has 3 heterocycles. The predicted octanol–water partition coefficient (Wildman–Crippen LogP) is 3.00. The number of nitriles is 1. The van der Waals surface area contributed by atoms with Crippen LogP contribution in [0.25, 0.3) is 22.8 Å². The summed E-state index contributed by atoms with van der Waals surface area (Å²) in [6.07, 6.45) is 3.01. The highest BCUT2D eigenvalue weighted by atomic mass is 35.5. The Balaban J connectivity index is 1.35. The van der Waals surface area contributed by atoms with Gasteiger partial charge in [-0.15, -0.1) is 0 Å². The molecule has 1 aromatic carbocycles. The molecule has 1 N–H and O–H groups in total. The minimum Gasteiger partial charge on any atom is -0.364 e. The highest BCUT2D eigenvalue weighted by Crippen LogP contribution is 2.26. The molecular formula is C20H15ClFN7O3. The molecule has 0 aliphatic rings. The molecule has 12 heteroatoms. The Morgan fingerprint density at radius 3 is 2.91 bits per heavy atom. The van der Waals surface area contributed by atoms with Crippen LogP contribution in [0.3, 0.4) is 0 Å². The maximum Gasteiger partial charge on any atom is 0.280 e. The van der Waals surface area contributed by atoms with Gasteiger partial charge in [-0.05, 0) is 25.1 Å². The third-order valence-electron chi connectivity index (χ3n) is 4.40. The fraction of sp³-hybridized carbons (Fsp3) is 0.200. The van der Waals surface area contributed by atoms with Crippen LogP contribution in [0.15, 0.2) is 45.8 Å². The summed E-state index contributed by atoms with van der Waals surface area (Å²) in [4.78, 5) is 16.4. The predicted molar refractivity (Wildman–Crippen MR) is 108 cm³/mol. The summed E-state index contributed by atoms with van der Waals surface area (Å²) in [5.41, 5.74) is 1.11. The number of hydrogen-bond acceptors (Lipinski definition) is 8. The standard InChI is InChI=1S/C20H15ClFN7O3/c1-11(24-19(30)8-18-25-20(32-28-18)17-3-5-31-27-17)10-29-4-2-16(26-29)12-6-14(21)13(9-23)15(22)7-12/h2-7,11H,8,10H2,1H3,(H,24,30)/t11-/m0/s1. The zero-order valence-electron chi connectivity index (χ0n) is 16.6. The van der Waals surface area contributed by atoms with Crippen molar-refractivity contribution in [1.29, 1.82) is 5.26 Å². The molecular weight excluding hydrogens is 441 g/mol. The Labute approximate surface area is 185 Å². The first kappa shape index (κ1) is 21.2. The van der Waals surface area contributed by atoms with Crippen molar-refractivity contribution >= 4 is 17.5 Å². The first-order valence-corrected chi connectivity index (χ1v) is 9.76. The average molecular weight is 456 g/mol. The van der Waals surface area contributed by atoms with Crippen molar-refractivity contribution in [1.82, 2.24) is 30.4 Å². The van der Waals surface area contributed by atoms with E-state index in [9.17, 15) is 9.18 Å². The van der Waals surface area contributed by atoms with Gasteiger partial charge in [0.15, 0.2) is 11.5 Å². The summed E-state index contributed by atoms with van der Waals surface area (Å²) in [6, 6.07) is 7.41. The van der Waals surface area contributed by atoms with E-state index in [1.54, 1.807) is 29.1 Å². The molecule has 0 saturated heterocycles. The molecule has 0 unspecified atom stereocenters. The van der Waals surface area contributed by atoms with E-state index >= 15 is 0 Å². The third-order valence-corrected chi connectivity index (χ3v) is 4.70. The minimum atomic E-state index is -0.710. The van der Waals surface area contributed by atoms with Gasteiger partial charge >= 0.3 is 0 Å². The van der Waals surface area contributed by atoms with Gasteiger partial charge in [0.2, 0.25) is 5.91 Å². The summed E-state index contributed by atoms with van der Waals surface area (Å²) in [7, 11) is 0. The summed E-state index contributed by atoms with van der Waals surface area (Å²) >= 11 is 5.96. The molecule has 0 aliphatic heterocycles. The second-order valence-electron chi connectivity index (χ2n) is 6.90. The Hall–Kier alpha value is -4.04. The molecule has 1 atom stereocenters. The quantitative estimate of drug-likeness (QED) is 0.449. The summed E-state index contributed by atoms with van der Waals surface area (Å²) in [6.45, 7) is 2.18. The highest BCUT2D eigenvalue weighted by molar-refractivity contribution is 6.32. The number of aromatic nitrogens is 5. The van der Waals surface area contributed by atoms with Gasteiger partial charge in [0.05, 0.1) is 23.7 Å².